The Hall–Kier alpha value is -2.99. The summed E-state index contributed by atoms with van der Waals surface area (Å²) in [6.07, 6.45) is 0.232. The lowest BCUT2D eigenvalue weighted by molar-refractivity contribution is 0.0575. The number of carbonyl (C=O) groups excluding carboxylic acids is 1. The highest BCUT2D eigenvalue weighted by Crippen LogP contribution is 2.37. The molecule has 1 amide bonds. The molecule has 0 spiro atoms. The lowest BCUT2D eigenvalue weighted by Crippen LogP contribution is -2.46. The van der Waals surface area contributed by atoms with Crippen molar-refractivity contribution in [3.05, 3.63) is 53.7 Å². The van der Waals surface area contributed by atoms with Crippen molar-refractivity contribution in [3.63, 3.8) is 0 Å². The number of aliphatic hydroxyl groups excluding tert-OH is 2. The Labute approximate surface area is 251 Å². The van der Waals surface area contributed by atoms with Gasteiger partial charge in [-0.15, -0.1) is 0 Å². The first-order valence-electron chi connectivity index (χ1n) is 14.5. The number of hydrogen-bond acceptors (Lipinski definition) is 8. The van der Waals surface area contributed by atoms with Crippen LogP contribution in [-0.4, -0.2) is 70.8 Å². The lowest BCUT2D eigenvalue weighted by atomic mass is 10.1. The van der Waals surface area contributed by atoms with Crippen molar-refractivity contribution in [1.29, 1.82) is 0 Å². The summed E-state index contributed by atoms with van der Waals surface area (Å²) in [5.74, 6) is 1.07. The Bertz CT molecular complexity index is 1330. The van der Waals surface area contributed by atoms with Crippen LogP contribution in [0.3, 0.4) is 0 Å². The molecule has 11 heteroatoms. The summed E-state index contributed by atoms with van der Waals surface area (Å²) in [7, 11) is -2.18. The second-order valence-electron chi connectivity index (χ2n) is 13.6. The molecule has 42 heavy (non-hydrogen) atoms. The van der Waals surface area contributed by atoms with Gasteiger partial charge < -0.3 is 24.3 Å². The van der Waals surface area contributed by atoms with Gasteiger partial charge in [0, 0.05) is 18.2 Å². The summed E-state index contributed by atoms with van der Waals surface area (Å²) >= 11 is 0. The maximum Gasteiger partial charge on any atom is 0.416 e. The number of fused-ring (bicyclic) bond motifs is 1. The highest BCUT2D eigenvalue weighted by Gasteiger charge is 2.38. The van der Waals surface area contributed by atoms with Crippen LogP contribution in [0.4, 0.5) is 16.4 Å². The molecule has 0 saturated carbocycles. The van der Waals surface area contributed by atoms with E-state index in [1.165, 1.54) is 0 Å². The van der Waals surface area contributed by atoms with Crippen molar-refractivity contribution in [2.45, 2.75) is 97.7 Å². The molecular formula is C31H49N5O5Si. The SMILES string of the molecule is CC(C)c1cnn2c(N(Cc3ccccc3)C(=O)OC(C)(C)C)cc(N(CO[Si](C)(C)C(C)(C)C)C[C@H](O)CO)nc12. The minimum Gasteiger partial charge on any atom is -0.443 e. The molecule has 2 heterocycles. The molecule has 232 valence electrons. The van der Waals surface area contributed by atoms with Gasteiger partial charge in [0.1, 0.15) is 24.0 Å². The number of hydrogen-bond donors (Lipinski definition) is 2. The first-order chi connectivity index (χ1) is 19.4. The van der Waals surface area contributed by atoms with E-state index in [2.05, 4.69) is 52.8 Å². The van der Waals surface area contributed by atoms with Crippen LogP contribution in [0.15, 0.2) is 42.6 Å². The van der Waals surface area contributed by atoms with Crippen LogP contribution in [0.5, 0.6) is 0 Å². The van der Waals surface area contributed by atoms with Gasteiger partial charge in [-0.05, 0) is 50.4 Å². The quantitative estimate of drug-likeness (QED) is 0.206. The van der Waals surface area contributed by atoms with Crippen molar-refractivity contribution < 1.29 is 24.2 Å². The fraction of sp³-hybridized carbons (Fsp3) is 0.581. The number of benzene rings is 1. The third-order valence-corrected chi connectivity index (χ3v) is 12.0. The predicted molar refractivity (Wildman–Crippen MR) is 170 cm³/mol. The highest BCUT2D eigenvalue weighted by atomic mass is 28.4. The molecule has 3 aromatic rings. The van der Waals surface area contributed by atoms with Gasteiger partial charge in [0.15, 0.2) is 14.0 Å². The number of anilines is 2. The minimum absolute atomic E-state index is 0.0315. The van der Waals surface area contributed by atoms with Crippen molar-refractivity contribution in [2.24, 2.45) is 0 Å². The molecule has 2 N–H and O–H groups in total. The van der Waals surface area contributed by atoms with Crippen LogP contribution in [0, 0.1) is 0 Å². The van der Waals surface area contributed by atoms with Crippen LogP contribution in [0.2, 0.25) is 18.1 Å². The van der Waals surface area contributed by atoms with Gasteiger partial charge in [0.05, 0.1) is 25.5 Å². The number of nitrogens with zero attached hydrogens (tertiary/aromatic N) is 5. The third-order valence-electron chi connectivity index (χ3n) is 7.52. The first-order valence-corrected chi connectivity index (χ1v) is 17.5. The van der Waals surface area contributed by atoms with Gasteiger partial charge in [-0.25, -0.2) is 9.78 Å². The first kappa shape index (κ1) is 33.5. The second kappa shape index (κ2) is 13.1. The molecule has 0 saturated heterocycles. The Kier molecular flexibility index (Phi) is 10.5. The van der Waals surface area contributed by atoms with Gasteiger partial charge in [-0.3, -0.25) is 4.90 Å². The molecule has 0 aliphatic heterocycles. The fourth-order valence-electron chi connectivity index (χ4n) is 4.02. The van der Waals surface area contributed by atoms with Crippen LogP contribution >= 0.6 is 0 Å². The number of amides is 1. The molecule has 2 aromatic heterocycles. The molecule has 10 nitrogen and oxygen atoms in total. The van der Waals surface area contributed by atoms with E-state index in [4.69, 9.17) is 14.1 Å². The highest BCUT2D eigenvalue weighted by molar-refractivity contribution is 6.74. The molecule has 1 aromatic carbocycles. The monoisotopic (exact) mass is 599 g/mol. The Morgan fingerprint density at radius 1 is 1.10 bits per heavy atom. The number of aromatic nitrogens is 3. The van der Waals surface area contributed by atoms with Gasteiger partial charge in [0.2, 0.25) is 0 Å². The van der Waals surface area contributed by atoms with E-state index in [9.17, 15) is 15.0 Å². The topological polar surface area (TPSA) is 113 Å². The standard InChI is InChI=1S/C31H49N5O5Si/c1-22(2)25-17-32-36-27(35(29(39)41-30(3,4)5)18-23-14-12-11-13-15-23)16-26(33-28(25)36)34(19-24(38)20-37)21-40-42(9,10)31(6,7)8/h11-17,22,24,37-38H,18-21H2,1-10H3/t24-/m0/s1. The van der Waals surface area contributed by atoms with Gasteiger partial charge in [0.25, 0.3) is 0 Å². The number of carbonyl (C=O) groups is 1. The second-order valence-corrected chi connectivity index (χ2v) is 18.4. The fourth-order valence-corrected chi connectivity index (χ4v) is 4.93. The molecule has 0 aliphatic rings. The largest absolute Gasteiger partial charge is 0.443 e. The van der Waals surface area contributed by atoms with E-state index < -0.39 is 32.7 Å². The van der Waals surface area contributed by atoms with Crippen LogP contribution in [0.25, 0.3) is 5.65 Å². The number of aliphatic hydroxyl groups is 2. The average Bonchev–Trinajstić information content (AvgIpc) is 3.32. The molecule has 3 rings (SSSR count). The van der Waals surface area contributed by atoms with E-state index >= 15 is 0 Å². The average molecular weight is 600 g/mol. The van der Waals surface area contributed by atoms with Gasteiger partial charge in [-0.1, -0.05) is 65.0 Å². The number of rotatable bonds is 11. The smallest absolute Gasteiger partial charge is 0.416 e. The van der Waals surface area contributed by atoms with E-state index in [0.29, 0.717) is 17.3 Å². The minimum atomic E-state index is -2.18. The van der Waals surface area contributed by atoms with Crippen molar-refractivity contribution >= 4 is 31.7 Å². The molecular weight excluding hydrogens is 550 g/mol. The molecule has 0 radical (unpaired) electrons. The van der Waals surface area contributed by atoms with E-state index in [1.807, 2.05) is 56.0 Å². The number of ether oxygens (including phenoxy) is 1. The molecule has 1 atom stereocenters. The van der Waals surface area contributed by atoms with Crippen LogP contribution < -0.4 is 9.80 Å². The van der Waals surface area contributed by atoms with Gasteiger partial charge >= 0.3 is 6.09 Å². The Morgan fingerprint density at radius 3 is 2.29 bits per heavy atom. The van der Waals surface area contributed by atoms with Crippen LogP contribution in [0.1, 0.15) is 72.4 Å². The third kappa shape index (κ3) is 8.31. The summed E-state index contributed by atoms with van der Waals surface area (Å²) in [6, 6.07) is 11.5. The van der Waals surface area contributed by atoms with Crippen LogP contribution in [-0.2, 0) is 15.7 Å². The van der Waals surface area contributed by atoms with Gasteiger partial charge in [-0.2, -0.15) is 9.61 Å². The molecule has 0 unspecified atom stereocenters. The Balaban J connectivity index is 2.22. The summed E-state index contributed by atoms with van der Waals surface area (Å²) in [4.78, 5) is 22.1. The normalized spacial score (nSPS) is 13.5. The van der Waals surface area contributed by atoms with Crippen molar-refractivity contribution in [1.82, 2.24) is 14.6 Å². The van der Waals surface area contributed by atoms with Crippen molar-refractivity contribution in [2.75, 3.05) is 29.7 Å². The van der Waals surface area contributed by atoms with E-state index in [0.717, 1.165) is 11.1 Å². The summed E-state index contributed by atoms with van der Waals surface area (Å²) in [6.45, 7) is 20.5. The van der Waals surface area contributed by atoms with Crippen molar-refractivity contribution in [3.8, 4) is 0 Å². The summed E-state index contributed by atoms with van der Waals surface area (Å²) in [5.41, 5.74) is 1.70. The zero-order valence-corrected chi connectivity index (χ0v) is 27.9. The lowest BCUT2D eigenvalue weighted by Gasteiger charge is -2.38. The molecule has 0 aliphatic carbocycles. The summed E-state index contributed by atoms with van der Waals surface area (Å²) < 4.78 is 14.1. The maximum absolute atomic E-state index is 13.8. The predicted octanol–water partition coefficient (Wildman–Crippen LogP) is 5.93. The summed E-state index contributed by atoms with van der Waals surface area (Å²) in [5, 5.41) is 24.9. The van der Waals surface area contributed by atoms with E-state index in [1.54, 1.807) is 21.7 Å². The Morgan fingerprint density at radius 2 is 1.74 bits per heavy atom. The molecule has 0 fully saturated rings. The zero-order chi connectivity index (χ0) is 31.5. The van der Waals surface area contributed by atoms with E-state index in [-0.39, 0.29) is 30.8 Å². The molecule has 0 bridgehead atoms. The zero-order valence-electron chi connectivity index (χ0n) is 26.9. The maximum atomic E-state index is 13.8.